The number of nitrogens with zero attached hydrogens (tertiary/aromatic N) is 2. The molecule has 2 rings (SSSR count). The van der Waals surface area contributed by atoms with Gasteiger partial charge in [-0.1, -0.05) is 13.0 Å². The summed E-state index contributed by atoms with van der Waals surface area (Å²) >= 11 is 0. The zero-order valence-corrected chi connectivity index (χ0v) is 7.20. The van der Waals surface area contributed by atoms with Crippen LogP contribution in [-0.2, 0) is 0 Å². The van der Waals surface area contributed by atoms with E-state index < -0.39 is 0 Å². The average Bonchev–Trinajstić information content (AvgIpc) is 2.54. The van der Waals surface area contributed by atoms with E-state index in [-0.39, 0.29) is 0 Å². The number of aliphatic imine (C=N–C) groups is 1. The molecule has 1 unspecified atom stereocenters. The molecule has 1 aliphatic rings. The highest BCUT2D eigenvalue weighted by molar-refractivity contribution is 6.01. The first-order valence-corrected chi connectivity index (χ1v) is 4.30. The molecule has 0 N–H and O–H groups in total. The van der Waals surface area contributed by atoms with E-state index in [2.05, 4.69) is 23.0 Å². The maximum absolute atomic E-state index is 4.46. The largest absolute Gasteiger partial charge is 0.289 e. The zero-order valence-electron chi connectivity index (χ0n) is 7.20. The molecule has 2 heterocycles. The molecule has 0 saturated carbocycles. The lowest BCUT2D eigenvalue weighted by Crippen LogP contribution is -1.99. The van der Waals surface area contributed by atoms with E-state index in [1.165, 1.54) is 11.3 Å². The van der Waals surface area contributed by atoms with Crippen LogP contribution < -0.4 is 0 Å². The predicted octanol–water partition coefficient (Wildman–Crippen LogP) is 1.91. The Morgan fingerprint density at radius 3 is 3.00 bits per heavy atom. The van der Waals surface area contributed by atoms with Crippen LogP contribution in [0.3, 0.4) is 0 Å². The van der Waals surface area contributed by atoms with Crippen molar-refractivity contribution < 1.29 is 0 Å². The molecule has 0 fully saturated rings. The Bertz CT molecular complexity index is 290. The third kappa shape index (κ3) is 1.37. The van der Waals surface area contributed by atoms with Gasteiger partial charge in [0.2, 0.25) is 0 Å². The second-order valence-electron chi connectivity index (χ2n) is 3.34. The zero-order chi connectivity index (χ0) is 8.39. The first-order valence-electron chi connectivity index (χ1n) is 4.30. The van der Waals surface area contributed by atoms with Gasteiger partial charge in [-0.25, -0.2) is 0 Å². The number of rotatable bonds is 1. The van der Waals surface area contributed by atoms with Gasteiger partial charge >= 0.3 is 0 Å². The lowest BCUT2D eigenvalue weighted by molar-refractivity contribution is 0.664. The Labute approximate surface area is 72.4 Å². The summed E-state index contributed by atoms with van der Waals surface area (Å²) in [5, 5.41) is 0. The SMILES string of the molecule is CC1CN=C(c2cccnc2)C1. The minimum absolute atomic E-state index is 0.709. The van der Waals surface area contributed by atoms with Gasteiger partial charge in [0, 0.05) is 30.2 Å². The van der Waals surface area contributed by atoms with E-state index in [0.29, 0.717) is 5.92 Å². The molecule has 0 radical (unpaired) electrons. The Balaban J connectivity index is 2.22. The van der Waals surface area contributed by atoms with Crippen LogP contribution in [0.25, 0.3) is 0 Å². The van der Waals surface area contributed by atoms with Crippen LogP contribution in [0.2, 0.25) is 0 Å². The summed E-state index contributed by atoms with van der Waals surface area (Å²) in [6.45, 7) is 3.21. The summed E-state index contributed by atoms with van der Waals surface area (Å²) < 4.78 is 0. The normalized spacial score (nSPS) is 22.4. The average molecular weight is 160 g/mol. The fourth-order valence-electron chi connectivity index (χ4n) is 1.47. The van der Waals surface area contributed by atoms with Gasteiger partial charge in [-0.2, -0.15) is 0 Å². The summed E-state index contributed by atoms with van der Waals surface area (Å²) in [5.41, 5.74) is 2.40. The molecule has 1 aromatic rings. The van der Waals surface area contributed by atoms with Crippen LogP contribution in [0.15, 0.2) is 29.5 Å². The van der Waals surface area contributed by atoms with Crippen LogP contribution in [0.5, 0.6) is 0 Å². The molecule has 0 bridgehead atoms. The molecule has 12 heavy (non-hydrogen) atoms. The summed E-state index contributed by atoms with van der Waals surface area (Å²) in [7, 11) is 0. The molecule has 2 nitrogen and oxygen atoms in total. The smallest absolute Gasteiger partial charge is 0.0439 e. The van der Waals surface area contributed by atoms with E-state index in [9.17, 15) is 0 Å². The first-order chi connectivity index (χ1) is 5.86. The van der Waals surface area contributed by atoms with Crippen LogP contribution in [0, 0.1) is 5.92 Å². The summed E-state index contributed by atoms with van der Waals surface area (Å²) in [6, 6.07) is 4.03. The first kappa shape index (κ1) is 7.47. The molecule has 0 aromatic carbocycles. The van der Waals surface area contributed by atoms with Crippen LogP contribution in [-0.4, -0.2) is 17.2 Å². The summed E-state index contributed by atoms with van der Waals surface area (Å²) in [6.07, 6.45) is 4.78. The molecule has 62 valence electrons. The number of hydrogen-bond donors (Lipinski definition) is 0. The Hall–Kier alpha value is -1.18. The molecule has 0 aliphatic carbocycles. The number of aromatic nitrogens is 1. The highest BCUT2D eigenvalue weighted by atomic mass is 14.8. The minimum Gasteiger partial charge on any atom is -0.289 e. The monoisotopic (exact) mass is 160 g/mol. The Kier molecular flexibility index (Phi) is 1.90. The van der Waals surface area contributed by atoms with Crippen molar-refractivity contribution in [3.63, 3.8) is 0 Å². The van der Waals surface area contributed by atoms with E-state index in [1.807, 2.05) is 12.3 Å². The second kappa shape index (κ2) is 3.05. The molecule has 0 saturated heterocycles. The number of pyridine rings is 1. The van der Waals surface area contributed by atoms with Crippen LogP contribution in [0.1, 0.15) is 18.9 Å². The van der Waals surface area contributed by atoms with Crippen LogP contribution >= 0.6 is 0 Å². The van der Waals surface area contributed by atoms with E-state index in [4.69, 9.17) is 0 Å². The van der Waals surface area contributed by atoms with Crippen molar-refractivity contribution in [2.45, 2.75) is 13.3 Å². The van der Waals surface area contributed by atoms with Crippen molar-refractivity contribution >= 4 is 5.71 Å². The van der Waals surface area contributed by atoms with Gasteiger partial charge in [0.1, 0.15) is 0 Å². The number of hydrogen-bond acceptors (Lipinski definition) is 2. The lowest BCUT2D eigenvalue weighted by atomic mass is 10.0. The molecule has 1 atom stereocenters. The molecule has 0 spiro atoms. The maximum atomic E-state index is 4.46. The van der Waals surface area contributed by atoms with Crippen LogP contribution in [0.4, 0.5) is 0 Å². The highest BCUT2D eigenvalue weighted by Crippen LogP contribution is 2.16. The molecule has 0 amide bonds. The predicted molar refractivity (Wildman–Crippen MR) is 49.4 cm³/mol. The van der Waals surface area contributed by atoms with E-state index in [0.717, 1.165) is 13.0 Å². The maximum Gasteiger partial charge on any atom is 0.0439 e. The van der Waals surface area contributed by atoms with Gasteiger partial charge in [0.05, 0.1) is 0 Å². The molecule has 1 aliphatic heterocycles. The molecule has 1 aromatic heterocycles. The van der Waals surface area contributed by atoms with Gasteiger partial charge in [0.15, 0.2) is 0 Å². The lowest BCUT2D eigenvalue weighted by Gasteiger charge is -1.99. The summed E-state index contributed by atoms with van der Waals surface area (Å²) in [4.78, 5) is 8.54. The minimum atomic E-state index is 0.709. The quantitative estimate of drug-likeness (QED) is 0.616. The molecular formula is C10H12N2. The van der Waals surface area contributed by atoms with Crippen molar-refractivity contribution in [2.75, 3.05) is 6.54 Å². The highest BCUT2D eigenvalue weighted by Gasteiger charge is 2.14. The standard InChI is InChI=1S/C10H12N2/c1-8-5-10(12-6-8)9-3-2-4-11-7-9/h2-4,7-8H,5-6H2,1H3. The van der Waals surface area contributed by atoms with Gasteiger partial charge in [-0.15, -0.1) is 0 Å². The third-order valence-corrected chi connectivity index (χ3v) is 2.13. The fraction of sp³-hybridized carbons (Fsp3) is 0.400. The van der Waals surface area contributed by atoms with Gasteiger partial charge in [0.25, 0.3) is 0 Å². The van der Waals surface area contributed by atoms with E-state index in [1.54, 1.807) is 6.20 Å². The van der Waals surface area contributed by atoms with Gasteiger partial charge in [-0.05, 0) is 18.4 Å². The summed E-state index contributed by atoms with van der Waals surface area (Å²) in [5.74, 6) is 0.709. The van der Waals surface area contributed by atoms with E-state index >= 15 is 0 Å². The Morgan fingerprint density at radius 1 is 1.50 bits per heavy atom. The Morgan fingerprint density at radius 2 is 2.42 bits per heavy atom. The van der Waals surface area contributed by atoms with Crippen molar-refractivity contribution in [3.05, 3.63) is 30.1 Å². The molecular weight excluding hydrogens is 148 g/mol. The van der Waals surface area contributed by atoms with Gasteiger partial charge in [-0.3, -0.25) is 9.98 Å². The van der Waals surface area contributed by atoms with Crippen molar-refractivity contribution in [1.29, 1.82) is 0 Å². The second-order valence-corrected chi connectivity index (χ2v) is 3.34. The van der Waals surface area contributed by atoms with Crippen molar-refractivity contribution in [2.24, 2.45) is 10.9 Å². The van der Waals surface area contributed by atoms with Crippen molar-refractivity contribution in [1.82, 2.24) is 4.98 Å². The van der Waals surface area contributed by atoms with Gasteiger partial charge < -0.3 is 0 Å². The van der Waals surface area contributed by atoms with Crippen molar-refractivity contribution in [3.8, 4) is 0 Å². The third-order valence-electron chi connectivity index (χ3n) is 2.13. The topological polar surface area (TPSA) is 25.2 Å². The fourth-order valence-corrected chi connectivity index (χ4v) is 1.47. The molecule has 2 heteroatoms.